The molecule has 2 N–H and O–H groups in total. The number of alkyl halides is 3. The first-order valence-electron chi connectivity index (χ1n) is 11.8. The molecule has 9 heteroatoms. The van der Waals surface area contributed by atoms with Crippen LogP contribution in [0, 0.1) is 17.6 Å². The number of rotatable bonds is 7. The van der Waals surface area contributed by atoms with Crippen molar-refractivity contribution in [2.45, 2.75) is 63.0 Å². The van der Waals surface area contributed by atoms with E-state index in [1.807, 2.05) is 0 Å². The molecular weight excluding hydrogens is 467 g/mol. The minimum Gasteiger partial charge on any atom is -0.370 e. The van der Waals surface area contributed by atoms with Gasteiger partial charge in [-0.1, -0.05) is 12.1 Å². The fourth-order valence-electron chi connectivity index (χ4n) is 5.59. The summed E-state index contributed by atoms with van der Waals surface area (Å²) >= 11 is 0. The van der Waals surface area contributed by atoms with Gasteiger partial charge in [0.05, 0.1) is 23.8 Å². The first kappa shape index (κ1) is 25.6. The Hall–Kier alpha value is -2.52. The average molecular weight is 497 g/mol. The molecule has 0 aromatic heterocycles. The number of hydrogen-bond donors (Lipinski definition) is 1. The van der Waals surface area contributed by atoms with E-state index < -0.39 is 23.7 Å². The van der Waals surface area contributed by atoms with Gasteiger partial charge in [0.15, 0.2) is 0 Å². The van der Waals surface area contributed by atoms with Gasteiger partial charge < -0.3 is 10.5 Å². The molecule has 0 bridgehead atoms. The predicted molar refractivity (Wildman–Crippen MR) is 120 cm³/mol. The molecule has 4 rings (SSSR count). The van der Waals surface area contributed by atoms with Gasteiger partial charge in [0.1, 0.15) is 11.6 Å². The van der Waals surface area contributed by atoms with Crippen LogP contribution >= 0.6 is 0 Å². The zero-order valence-electron chi connectivity index (χ0n) is 19.4. The fraction of sp³-hybridized carbons (Fsp3) is 0.500. The summed E-state index contributed by atoms with van der Waals surface area (Å²) in [7, 11) is 0. The van der Waals surface area contributed by atoms with Gasteiger partial charge in [0, 0.05) is 12.5 Å². The van der Waals surface area contributed by atoms with Crippen molar-refractivity contribution >= 4 is 5.91 Å². The van der Waals surface area contributed by atoms with Gasteiger partial charge in [-0.3, -0.25) is 9.69 Å². The third-order valence-corrected chi connectivity index (χ3v) is 7.24. The largest absolute Gasteiger partial charge is 0.416 e. The first-order valence-corrected chi connectivity index (χ1v) is 11.8. The number of halogens is 5. The van der Waals surface area contributed by atoms with Gasteiger partial charge in [0.2, 0.25) is 5.91 Å². The minimum absolute atomic E-state index is 0.0795. The van der Waals surface area contributed by atoms with E-state index in [4.69, 9.17) is 10.5 Å². The maximum atomic E-state index is 14.0. The Morgan fingerprint density at radius 3 is 2.46 bits per heavy atom. The molecule has 4 nitrogen and oxygen atoms in total. The second-order valence-electron chi connectivity index (χ2n) is 9.56. The Bertz CT molecular complexity index is 1040. The summed E-state index contributed by atoms with van der Waals surface area (Å²) in [6.07, 6.45) is -2.85. The quantitative estimate of drug-likeness (QED) is 0.510. The van der Waals surface area contributed by atoms with E-state index in [-0.39, 0.29) is 41.3 Å². The smallest absolute Gasteiger partial charge is 0.370 e. The van der Waals surface area contributed by atoms with Crippen LogP contribution in [0.4, 0.5) is 22.0 Å². The summed E-state index contributed by atoms with van der Waals surface area (Å²) in [6.45, 7) is 2.97. The Labute approximate surface area is 201 Å². The van der Waals surface area contributed by atoms with Crippen molar-refractivity contribution in [3.63, 3.8) is 0 Å². The van der Waals surface area contributed by atoms with E-state index in [0.717, 1.165) is 37.1 Å². The van der Waals surface area contributed by atoms with Crippen LogP contribution in [-0.4, -0.2) is 36.0 Å². The fourth-order valence-corrected chi connectivity index (χ4v) is 5.59. The SMILES string of the molecule is C[C@@H](OC1CCC(CN2CCC[C@H]2C(N)=O)C1c1ccc(F)cc1)c1cc(F)cc(C(F)(F)F)c1. The van der Waals surface area contributed by atoms with E-state index >= 15 is 0 Å². The Kier molecular flexibility index (Phi) is 7.47. The zero-order valence-corrected chi connectivity index (χ0v) is 19.4. The standard InChI is InChI=1S/C26H29F5N2O2/c1-15(18-11-19(26(29,30)31)13-21(28)12-18)35-23-9-6-17(14-33-10-2-3-22(33)25(32)34)24(23)16-4-7-20(27)8-5-16/h4-5,7-8,11-13,15,17,22-24H,2-3,6,9-10,14H2,1H3,(H2,32,34)/t15-,17?,22+,23?,24?/m1/s1. The minimum atomic E-state index is -4.67. The molecule has 1 amide bonds. The molecular formula is C26H29F5N2O2. The van der Waals surface area contributed by atoms with Gasteiger partial charge in [-0.25, -0.2) is 8.78 Å². The van der Waals surface area contributed by atoms with Crippen molar-refractivity contribution < 1.29 is 31.5 Å². The number of hydrogen-bond acceptors (Lipinski definition) is 3. The summed E-state index contributed by atoms with van der Waals surface area (Å²) < 4.78 is 73.4. The number of ether oxygens (including phenoxy) is 1. The number of amides is 1. The van der Waals surface area contributed by atoms with Crippen LogP contribution in [0.2, 0.25) is 0 Å². The van der Waals surface area contributed by atoms with E-state index in [1.165, 1.54) is 12.1 Å². The summed E-state index contributed by atoms with van der Waals surface area (Å²) in [4.78, 5) is 14.0. The highest BCUT2D eigenvalue weighted by Crippen LogP contribution is 2.45. The Morgan fingerprint density at radius 2 is 1.80 bits per heavy atom. The molecule has 2 aromatic carbocycles. The highest BCUT2D eigenvalue weighted by Gasteiger charge is 2.42. The maximum Gasteiger partial charge on any atom is 0.416 e. The van der Waals surface area contributed by atoms with E-state index in [2.05, 4.69) is 4.90 Å². The molecule has 190 valence electrons. The van der Waals surface area contributed by atoms with E-state index in [9.17, 15) is 26.7 Å². The lowest BCUT2D eigenvalue weighted by Gasteiger charge is -2.32. The molecule has 2 aromatic rings. The average Bonchev–Trinajstić information content (AvgIpc) is 3.41. The molecule has 35 heavy (non-hydrogen) atoms. The highest BCUT2D eigenvalue weighted by molar-refractivity contribution is 5.80. The lowest BCUT2D eigenvalue weighted by atomic mass is 9.86. The van der Waals surface area contributed by atoms with Gasteiger partial charge in [-0.15, -0.1) is 0 Å². The van der Waals surface area contributed by atoms with Gasteiger partial charge >= 0.3 is 6.18 Å². The second kappa shape index (κ2) is 10.2. The lowest BCUT2D eigenvalue weighted by molar-refractivity contribution is -0.138. The topological polar surface area (TPSA) is 55.6 Å². The van der Waals surface area contributed by atoms with Crippen LogP contribution in [0.15, 0.2) is 42.5 Å². The van der Waals surface area contributed by atoms with Crippen molar-refractivity contribution in [1.82, 2.24) is 4.90 Å². The summed E-state index contributed by atoms with van der Waals surface area (Å²) in [5, 5.41) is 0. The maximum absolute atomic E-state index is 14.0. The predicted octanol–water partition coefficient (Wildman–Crippen LogP) is 5.57. The number of primary amides is 1. The third kappa shape index (κ3) is 5.83. The van der Waals surface area contributed by atoms with Crippen molar-refractivity contribution in [2.24, 2.45) is 11.7 Å². The highest BCUT2D eigenvalue weighted by atomic mass is 19.4. The lowest BCUT2D eigenvalue weighted by Crippen LogP contribution is -2.43. The zero-order chi connectivity index (χ0) is 25.3. The van der Waals surface area contributed by atoms with Crippen molar-refractivity contribution in [3.8, 4) is 0 Å². The molecule has 1 aliphatic carbocycles. The molecule has 1 saturated carbocycles. The van der Waals surface area contributed by atoms with Gasteiger partial charge in [-0.2, -0.15) is 13.2 Å². The van der Waals surface area contributed by atoms with Crippen molar-refractivity contribution in [2.75, 3.05) is 13.1 Å². The number of nitrogens with two attached hydrogens (primary N) is 1. The van der Waals surface area contributed by atoms with Gasteiger partial charge in [-0.05, 0) is 86.5 Å². The van der Waals surface area contributed by atoms with Crippen molar-refractivity contribution in [3.05, 3.63) is 70.8 Å². The van der Waals surface area contributed by atoms with Crippen LogP contribution in [0.5, 0.6) is 0 Å². The van der Waals surface area contributed by atoms with Crippen molar-refractivity contribution in [1.29, 1.82) is 0 Å². The molecule has 1 saturated heterocycles. The van der Waals surface area contributed by atoms with Crippen LogP contribution in [0.1, 0.15) is 61.3 Å². The van der Waals surface area contributed by atoms with Crippen LogP contribution < -0.4 is 5.73 Å². The molecule has 1 heterocycles. The number of benzene rings is 2. The number of likely N-dealkylation sites (tertiary alicyclic amines) is 1. The molecule has 1 aliphatic heterocycles. The summed E-state index contributed by atoms with van der Waals surface area (Å²) in [6, 6.07) is 8.24. The number of nitrogens with zero attached hydrogens (tertiary/aromatic N) is 1. The van der Waals surface area contributed by atoms with Crippen LogP contribution in [0.25, 0.3) is 0 Å². The normalized spacial score (nSPS) is 26.2. The molecule has 3 unspecified atom stereocenters. The molecule has 5 atom stereocenters. The molecule has 2 aliphatic rings. The monoisotopic (exact) mass is 496 g/mol. The number of carbonyl (C=O) groups is 1. The summed E-state index contributed by atoms with van der Waals surface area (Å²) in [5.41, 5.74) is 5.48. The first-order chi connectivity index (χ1) is 16.5. The summed E-state index contributed by atoms with van der Waals surface area (Å²) in [5.74, 6) is -1.79. The van der Waals surface area contributed by atoms with Crippen LogP contribution in [0.3, 0.4) is 0 Å². The third-order valence-electron chi connectivity index (χ3n) is 7.24. The van der Waals surface area contributed by atoms with Crippen LogP contribution in [-0.2, 0) is 15.7 Å². The number of carbonyl (C=O) groups excluding carboxylic acids is 1. The Balaban J connectivity index is 1.57. The van der Waals surface area contributed by atoms with Gasteiger partial charge in [0.25, 0.3) is 0 Å². The van der Waals surface area contributed by atoms with E-state index in [0.29, 0.717) is 25.5 Å². The second-order valence-corrected chi connectivity index (χ2v) is 9.56. The Morgan fingerprint density at radius 1 is 1.09 bits per heavy atom. The molecule has 0 radical (unpaired) electrons. The van der Waals surface area contributed by atoms with E-state index in [1.54, 1.807) is 19.1 Å². The molecule has 0 spiro atoms. The molecule has 2 fully saturated rings.